The Hall–Kier alpha value is -4.24. The van der Waals surface area contributed by atoms with Crippen LogP contribution in [0.4, 0.5) is 41.9 Å². The van der Waals surface area contributed by atoms with Crippen LogP contribution in [0.3, 0.4) is 0 Å². The molecular weight excluding hydrogens is 505 g/mol. The Bertz CT molecular complexity index is 1350. The number of hydrogen-bond donors (Lipinski definition) is 4. The summed E-state index contributed by atoms with van der Waals surface area (Å²) in [7, 11) is -2.30. The van der Waals surface area contributed by atoms with Crippen molar-refractivity contribution in [2.75, 3.05) is 29.6 Å². The molecule has 3 aromatic rings. The standard InChI is InChI=1S/C21H19F3N6O5S/c1-25-36(33,34)16-4-2-3-15(9-16)29-18-10-17(26-12-27-18)28-13-5-7-14(8-6-13)30-19(31)11-35-20(32)21(22,23)24/h2-10,12,25H,11H2,1H3,(H,30,31)(H2,26,27,28,29). The third kappa shape index (κ3) is 7.38. The van der Waals surface area contributed by atoms with Crippen LogP contribution in [-0.2, 0) is 24.3 Å². The van der Waals surface area contributed by atoms with Crippen molar-refractivity contribution in [3.05, 3.63) is 60.9 Å². The SMILES string of the molecule is CNS(=O)(=O)c1cccc(Nc2cc(Nc3ccc(NC(=O)COC(=O)C(F)(F)F)cc3)ncn2)c1. The van der Waals surface area contributed by atoms with E-state index in [0.717, 1.165) is 0 Å². The van der Waals surface area contributed by atoms with Gasteiger partial charge in [0, 0.05) is 23.1 Å². The predicted octanol–water partition coefficient (Wildman–Crippen LogP) is 2.92. The number of carbonyl (C=O) groups is 2. The van der Waals surface area contributed by atoms with Crippen LogP contribution in [-0.4, -0.2) is 50.1 Å². The van der Waals surface area contributed by atoms with Gasteiger partial charge < -0.3 is 20.7 Å². The molecule has 3 rings (SSSR count). The molecule has 0 aliphatic heterocycles. The van der Waals surface area contributed by atoms with Crippen LogP contribution in [0.25, 0.3) is 0 Å². The fourth-order valence-corrected chi connectivity index (χ4v) is 3.47. The fourth-order valence-electron chi connectivity index (χ4n) is 2.70. The maximum absolute atomic E-state index is 12.1. The maximum atomic E-state index is 12.1. The largest absolute Gasteiger partial charge is 0.490 e. The summed E-state index contributed by atoms with van der Waals surface area (Å²) < 4.78 is 66.4. The number of benzene rings is 2. The molecule has 11 nitrogen and oxygen atoms in total. The molecule has 0 atom stereocenters. The van der Waals surface area contributed by atoms with Crippen LogP contribution in [0, 0.1) is 0 Å². The van der Waals surface area contributed by atoms with Crippen molar-refractivity contribution < 1.29 is 35.9 Å². The molecule has 0 unspecified atom stereocenters. The number of hydrogen-bond acceptors (Lipinski definition) is 9. The number of esters is 1. The molecule has 0 spiro atoms. The van der Waals surface area contributed by atoms with Crippen LogP contribution >= 0.6 is 0 Å². The Kier molecular flexibility index (Phi) is 8.06. The molecule has 1 amide bonds. The first kappa shape index (κ1) is 26.4. The second-order valence-electron chi connectivity index (χ2n) is 6.97. The van der Waals surface area contributed by atoms with Gasteiger partial charge in [0.25, 0.3) is 5.91 Å². The second kappa shape index (κ2) is 11.0. The monoisotopic (exact) mass is 524 g/mol. The predicted molar refractivity (Wildman–Crippen MR) is 123 cm³/mol. The minimum atomic E-state index is -5.18. The second-order valence-corrected chi connectivity index (χ2v) is 8.86. The van der Waals surface area contributed by atoms with Gasteiger partial charge in [-0.05, 0) is 49.5 Å². The summed E-state index contributed by atoms with van der Waals surface area (Å²) in [5.41, 5.74) is 1.30. The number of sulfonamides is 1. The Morgan fingerprint density at radius 1 is 0.917 bits per heavy atom. The topological polar surface area (TPSA) is 151 Å². The zero-order chi connectivity index (χ0) is 26.3. The first-order valence-corrected chi connectivity index (χ1v) is 11.5. The van der Waals surface area contributed by atoms with Crippen molar-refractivity contribution in [1.29, 1.82) is 0 Å². The Morgan fingerprint density at radius 2 is 1.53 bits per heavy atom. The third-order valence-electron chi connectivity index (χ3n) is 4.36. The molecule has 1 aromatic heterocycles. The van der Waals surface area contributed by atoms with E-state index in [1.54, 1.807) is 30.3 Å². The minimum absolute atomic E-state index is 0.0769. The number of nitrogens with one attached hydrogen (secondary N) is 4. The molecule has 0 aliphatic carbocycles. The lowest BCUT2D eigenvalue weighted by molar-refractivity contribution is -0.199. The summed E-state index contributed by atoms with van der Waals surface area (Å²) >= 11 is 0. The quantitative estimate of drug-likeness (QED) is 0.310. The van der Waals surface area contributed by atoms with E-state index in [1.807, 2.05) is 0 Å². The maximum Gasteiger partial charge on any atom is 0.490 e. The number of rotatable bonds is 9. The average molecular weight is 524 g/mol. The number of halogens is 3. The van der Waals surface area contributed by atoms with Gasteiger partial charge in [0.1, 0.15) is 18.0 Å². The normalized spacial score (nSPS) is 11.4. The van der Waals surface area contributed by atoms with Crippen LogP contribution in [0.1, 0.15) is 0 Å². The van der Waals surface area contributed by atoms with Gasteiger partial charge in [-0.25, -0.2) is 27.9 Å². The molecule has 15 heteroatoms. The molecule has 1 heterocycles. The third-order valence-corrected chi connectivity index (χ3v) is 5.77. The minimum Gasteiger partial charge on any atom is -0.449 e. The molecule has 0 radical (unpaired) electrons. The lowest BCUT2D eigenvalue weighted by atomic mass is 10.2. The van der Waals surface area contributed by atoms with E-state index in [1.165, 1.54) is 37.6 Å². The molecule has 4 N–H and O–H groups in total. The van der Waals surface area contributed by atoms with Gasteiger partial charge in [-0.1, -0.05) is 6.07 Å². The molecular formula is C21H19F3N6O5S. The van der Waals surface area contributed by atoms with Crippen LogP contribution in [0.5, 0.6) is 0 Å². The summed E-state index contributed by atoms with van der Waals surface area (Å²) in [5.74, 6) is -2.62. The highest BCUT2D eigenvalue weighted by molar-refractivity contribution is 7.89. The molecule has 36 heavy (non-hydrogen) atoms. The van der Waals surface area contributed by atoms with E-state index < -0.39 is 34.7 Å². The summed E-state index contributed by atoms with van der Waals surface area (Å²) in [6.45, 7) is -1.08. The van der Waals surface area contributed by atoms with Crippen molar-refractivity contribution in [1.82, 2.24) is 14.7 Å². The average Bonchev–Trinajstić information content (AvgIpc) is 2.83. The van der Waals surface area contributed by atoms with E-state index >= 15 is 0 Å². The molecule has 0 fully saturated rings. The lowest BCUT2D eigenvalue weighted by Crippen LogP contribution is -2.29. The highest BCUT2D eigenvalue weighted by Crippen LogP contribution is 2.22. The summed E-state index contributed by atoms with van der Waals surface area (Å²) in [4.78, 5) is 30.6. The number of anilines is 5. The zero-order valence-electron chi connectivity index (χ0n) is 18.5. The van der Waals surface area contributed by atoms with Gasteiger partial charge in [0.15, 0.2) is 6.61 Å². The summed E-state index contributed by atoms with van der Waals surface area (Å²) in [6, 6.07) is 13.8. The Morgan fingerprint density at radius 3 is 2.14 bits per heavy atom. The Balaban J connectivity index is 1.60. The zero-order valence-corrected chi connectivity index (χ0v) is 19.3. The van der Waals surface area contributed by atoms with Gasteiger partial charge >= 0.3 is 12.1 Å². The highest BCUT2D eigenvalue weighted by Gasteiger charge is 2.41. The number of aromatic nitrogens is 2. The number of nitrogens with zero attached hydrogens (tertiary/aromatic N) is 2. The molecule has 190 valence electrons. The summed E-state index contributed by atoms with van der Waals surface area (Å²) in [5, 5.41) is 8.30. The van der Waals surface area contributed by atoms with E-state index in [2.05, 4.69) is 35.4 Å². The summed E-state index contributed by atoms with van der Waals surface area (Å²) in [6.07, 6.45) is -3.89. The van der Waals surface area contributed by atoms with Gasteiger partial charge in [0.2, 0.25) is 10.0 Å². The molecule has 0 bridgehead atoms. The van der Waals surface area contributed by atoms with Crippen molar-refractivity contribution >= 4 is 50.6 Å². The van der Waals surface area contributed by atoms with Gasteiger partial charge in [-0.2, -0.15) is 13.2 Å². The first-order valence-electron chi connectivity index (χ1n) is 10.00. The van der Waals surface area contributed by atoms with Crippen molar-refractivity contribution in [3.8, 4) is 0 Å². The molecule has 0 aliphatic rings. The van der Waals surface area contributed by atoms with Gasteiger partial charge in [0.05, 0.1) is 4.90 Å². The molecule has 0 saturated carbocycles. The van der Waals surface area contributed by atoms with Gasteiger partial charge in [-0.3, -0.25) is 4.79 Å². The Labute approximate surface area is 203 Å². The number of ether oxygens (including phenoxy) is 1. The van der Waals surface area contributed by atoms with Crippen LogP contribution < -0.4 is 20.7 Å². The highest BCUT2D eigenvalue weighted by atomic mass is 32.2. The van der Waals surface area contributed by atoms with E-state index in [0.29, 0.717) is 23.0 Å². The van der Waals surface area contributed by atoms with Crippen LogP contribution in [0.2, 0.25) is 0 Å². The number of carbonyl (C=O) groups excluding carboxylic acids is 2. The van der Waals surface area contributed by atoms with E-state index in [-0.39, 0.29) is 10.6 Å². The van der Waals surface area contributed by atoms with Crippen LogP contribution in [0.15, 0.2) is 65.8 Å². The first-order chi connectivity index (χ1) is 17.0. The number of amides is 1. The van der Waals surface area contributed by atoms with Crippen molar-refractivity contribution in [3.63, 3.8) is 0 Å². The smallest absolute Gasteiger partial charge is 0.449 e. The molecule has 2 aromatic carbocycles. The van der Waals surface area contributed by atoms with Gasteiger partial charge in [-0.15, -0.1) is 0 Å². The van der Waals surface area contributed by atoms with Crippen molar-refractivity contribution in [2.45, 2.75) is 11.1 Å². The fraction of sp³-hybridized carbons (Fsp3) is 0.143. The van der Waals surface area contributed by atoms with E-state index in [9.17, 15) is 31.2 Å². The number of alkyl halides is 3. The van der Waals surface area contributed by atoms with E-state index in [4.69, 9.17) is 0 Å². The lowest BCUT2D eigenvalue weighted by Gasteiger charge is -2.11. The molecule has 0 saturated heterocycles. The van der Waals surface area contributed by atoms with Crippen molar-refractivity contribution in [2.24, 2.45) is 0 Å².